The van der Waals surface area contributed by atoms with Crippen LogP contribution in [0.3, 0.4) is 0 Å². The molecule has 29 heavy (non-hydrogen) atoms. The summed E-state index contributed by atoms with van der Waals surface area (Å²) in [5.74, 6) is -1.24. The van der Waals surface area contributed by atoms with E-state index in [1.54, 1.807) is 18.2 Å². The molecule has 0 unspecified atom stereocenters. The summed E-state index contributed by atoms with van der Waals surface area (Å²) in [4.78, 5) is 31.3. The van der Waals surface area contributed by atoms with Gasteiger partial charge in [0.15, 0.2) is 5.78 Å². The second kappa shape index (κ2) is 8.50. The highest BCUT2D eigenvalue weighted by atomic mass is 35.5. The number of hydrogen-bond donors (Lipinski definition) is 1. The van der Waals surface area contributed by atoms with Gasteiger partial charge in [-0.25, -0.2) is 14.1 Å². The summed E-state index contributed by atoms with van der Waals surface area (Å²) in [5, 5.41) is 7.06. The Labute approximate surface area is 172 Å². The number of carbonyl (C=O) groups is 2. The van der Waals surface area contributed by atoms with Crippen molar-refractivity contribution in [1.82, 2.24) is 25.0 Å². The molecule has 0 aliphatic heterocycles. The van der Waals surface area contributed by atoms with Crippen LogP contribution in [0.2, 0.25) is 5.02 Å². The van der Waals surface area contributed by atoms with Crippen LogP contribution >= 0.6 is 11.6 Å². The van der Waals surface area contributed by atoms with Gasteiger partial charge in [-0.3, -0.25) is 9.59 Å². The van der Waals surface area contributed by atoms with Crippen molar-refractivity contribution >= 4 is 23.3 Å². The molecule has 7 nitrogen and oxygen atoms in total. The van der Waals surface area contributed by atoms with Gasteiger partial charge in [-0.05, 0) is 44.4 Å². The maximum atomic E-state index is 14.2. The maximum absolute atomic E-state index is 14.2. The van der Waals surface area contributed by atoms with E-state index >= 15 is 0 Å². The van der Waals surface area contributed by atoms with Crippen molar-refractivity contribution in [2.75, 3.05) is 21.1 Å². The van der Waals surface area contributed by atoms with Crippen LogP contribution in [0.4, 0.5) is 4.39 Å². The molecule has 0 saturated heterocycles. The number of rotatable bonds is 6. The van der Waals surface area contributed by atoms with Crippen LogP contribution in [-0.2, 0) is 6.54 Å². The number of aromatic nitrogens is 3. The van der Waals surface area contributed by atoms with Crippen molar-refractivity contribution in [3.05, 3.63) is 76.1 Å². The molecule has 3 rings (SSSR count). The van der Waals surface area contributed by atoms with E-state index in [-0.39, 0.29) is 17.0 Å². The number of carbonyl (C=O) groups excluding carboxylic acids is 2. The Balaban J connectivity index is 2.20. The Bertz CT molecular complexity index is 1080. The van der Waals surface area contributed by atoms with Crippen molar-refractivity contribution in [3.63, 3.8) is 0 Å². The van der Waals surface area contributed by atoms with E-state index in [0.29, 0.717) is 23.1 Å². The summed E-state index contributed by atoms with van der Waals surface area (Å²) >= 11 is 6.11. The first kappa shape index (κ1) is 20.6. The Hall–Kier alpha value is -3.10. The standard InChI is InChI=1S/C20H19ClFN5O2/c1-23-20(29)19-24-17(11-26(2)3)27(25-19)16-9-8-12(21)10-14(16)18(28)13-6-4-5-7-15(13)22/h4-10H,11H2,1-3H3,(H,23,29). The summed E-state index contributed by atoms with van der Waals surface area (Å²) in [6.07, 6.45) is 0. The summed E-state index contributed by atoms with van der Waals surface area (Å²) in [6, 6.07) is 10.3. The molecule has 0 aliphatic carbocycles. The lowest BCUT2D eigenvalue weighted by Gasteiger charge is -2.14. The van der Waals surface area contributed by atoms with Crippen LogP contribution in [0.5, 0.6) is 0 Å². The minimum Gasteiger partial charge on any atom is -0.352 e. The molecule has 0 fully saturated rings. The van der Waals surface area contributed by atoms with E-state index in [9.17, 15) is 14.0 Å². The lowest BCUT2D eigenvalue weighted by molar-refractivity contribution is 0.0952. The number of nitrogens with one attached hydrogen (secondary N) is 1. The zero-order chi connectivity index (χ0) is 21.1. The van der Waals surface area contributed by atoms with E-state index in [4.69, 9.17) is 11.6 Å². The molecule has 1 heterocycles. The van der Waals surface area contributed by atoms with Crippen molar-refractivity contribution < 1.29 is 14.0 Å². The summed E-state index contributed by atoms with van der Waals surface area (Å²) in [5.41, 5.74) is 0.412. The number of halogens is 2. The number of benzene rings is 2. The highest BCUT2D eigenvalue weighted by Crippen LogP contribution is 2.25. The van der Waals surface area contributed by atoms with Crippen molar-refractivity contribution in [2.45, 2.75) is 6.54 Å². The van der Waals surface area contributed by atoms with Crippen LogP contribution in [0.15, 0.2) is 42.5 Å². The molecule has 1 amide bonds. The largest absolute Gasteiger partial charge is 0.352 e. The molecule has 150 valence electrons. The van der Waals surface area contributed by atoms with Crippen LogP contribution in [-0.4, -0.2) is 52.5 Å². The molecule has 0 bridgehead atoms. The van der Waals surface area contributed by atoms with E-state index in [1.807, 2.05) is 19.0 Å². The highest BCUT2D eigenvalue weighted by molar-refractivity contribution is 6.31. The van der Waals surface area contributed by atoms with Crippen LogP contribution in [0.1, 0.15) is 32.4 Å². The lowest BCUT2D eigenvalue weighted by Crippen LogP contribution is -2.19. The second-order valence-corrected chi connectivity index (χ2v) is 6.99. The number of ketones is 1. The third kappa shape index (κ3) is 4.33. The third-order valence-corrected chi connectivity index (χ3v) is 4.35. The third-order valence-electron chi connectivity index (χ3n) is 4.11. The first-order valence-electron chi connectivity index (χ1n) is 8.73. The van der Waals surface area contributed by atoms with Crippen molar-refractivity contribution in [1.29, 1.82) is 0 Å². The first-order chi connectivity index (χ1) is 13.8. The molecule has 1 N–H and O–H groups in total. The molecule has 0 aliphatic rings. The lowest BCUT2D eigenvalue weighted by atomic mass is 10.0. The molecule has 3 aromatic rings. The molecular weight excluding hydrogens is 397 g/mol. The number of amides is 1. The Kier molecular flexibility index (Phi) is 6.05. The predicted octanol–water partition coefficient (Wildman–Crippen LogP) is 2.71. The average molecular weight is 416 g/mol. The number of hydrogen-bond acceptors (Lipinski definition) is 5. The van der Waals surface area contributed by atoms with Gasteiger partial charge in [0.1, 0.15) is 11.6 Å². The fraction of sp³-hybridized carbons (Fsp3) is 0.200. The summed E-state index contributed by atoms with van der Waals surface area (Å²) < 4.78 is 15.6. The SMILES string of the molecule is CNC(=O)c1nc(CN(C)C)n(-c2ccc(Cl)cc2C(=O)c2ccccc2F)n1. The fourth-order valence-electron chi connectivity index (χ4n) is 2.80. The molecular formula is C20H19ClFN5O2. The van der Waals surface area contributed by atoms with Gasteiger partial charge in [0, 0.05) is 17.6 Å². The van der Waals surface area contributed by atoms with Gasteiger partial charge in [0.25, 0.3) is 5.91 Å². The average Bonchev–Trinajstić information content (AvgIpc) is 3.10. The second-order valence-electron chi connectivity index (χ2n) is 6.55. The zero-order valence-electron chi connectivity index (χ0n) is 16.1. The number of nitrogens with zero attached hydrogens (tertiary/aromatic N) is 4. The minimum atomic E-state index is -0.637. The molecule has 0 atom stereocenters. The molecule has 0 spiro atoms. The van der Waals surface area contributed by atoms with Crippen molar-refractivity contribution in [3.8, 4) is 5.69 Å². The van der Waals surface area contributed by atoms with E-state index in [0.717, 1.165) is 0 Å². The topological polar surface area (TPSA) is 80.1 Å². The predicted molar refractivity (Wildman–Crippen MR) is 107 cm³/mol. The Morgan fingerprint density at radius 2 is 1.90 bits per heavy atom. The van der Waals surface area contributed by atoms with E-state index in [2.05, 4.69) is 15.4 Å². The van der Waals surface area contributed by atoms with Gasteiger partial charge in [0.2, 0.25) is 5.82 Å². The van der Waals surface area contributed by atoms with Gasteiger partial charge in [0.05, 0.1) is 17.8 Å². The molecule has 1 aromatic heterocycles. The summed E-state index contributed by atoms with van der Waals surface area (Å²) in [7, 11) is 5.15. The Morgan fingerprint density at radius 1 is 1.17 bits per heavy atom. The maximum Gasteiger partial charge on any atom is 0.290 e. The van der Waals surface area contributed by atoms with Gasteiger partial charge in [-0.1, -0.05) is 23.7 Å². The molecule has 9 heteroatoms. The normalized spacial score (nSPS) is 11.0. The first-order valence-corrected chi connectivity index (χ1v) is 9.11. The van der Waals surface area contributed by atoms with Gasteiger partial charge in [-0.2, -0.15) is 0 Å². The Morgan fingerprint density at radius 3 is 2.55 bits per heavy atom. The van der Waals surface area contributed by atoms with E-state index in [1.165, 1.54) is 36.0 Å². The molecule has 0 saturated carbocycles. The van der Waals surface area contributed by atoms with Gasteiger partial charge < -0.3 is 10.2 Å². The highest BCUT2D eigenvalue weighted by Gasteiger charge is 2.23. The molecule has 2 aromatic carbocycles. The van der Waals surface area contributed by atoms with Crippen LogP contribution in [0, 0.1) is 5.82 Å². The fourth-order valence-corrected chi connectivity index (χ4v) is 2.97. The zero-order valence-corrected chi connectivity index (χ0v) is 16.9. The minimum absolute atomic E-state index is 0.0383. The van der Waals surface area contributed by atoms with Gasteiger partial charge >= 0.3 is 0 Å². The smallest absolute Gasteiger partial charge is 0.290 e. The van der Waals surface area contributed by atoms with Crippen LogP contribution < -0.4 is 5.32 Å². The van der Waals surface area contributed by atoms with E-state index < -0.39 is 17.5 Å². The summed E-state index contributed by atoms with van der Waals surface area (Å²) in [6.45, 7) is 0.361. The quantitative estimate of drug-likeness (QED) is 0.626. The van der Waals surface area contributed by atoms with Gasteiger partial charge in [-0.15, -0.1) is 5.10 Å². The van der Waals surface area contributed by atoms with Crippen LogP contribution in [0.25, 0.3) is 5.69 Å². The monoisotopic (exact) mass is 415 g/mol. The van der Waals surface area contributed by atoms with Crippen molar-refractivity contribution in [2.24, 2.45) is 0 Å². The molecule has 0 radical (unpaired) electrons.